The van der Waals surface area contributed by atoms with Gasteiger partial charge in [-0.15, -0.1) is 11.3 Å². The third-order valence-corrected chi connectivity index (χ3v) is 5.64. The third kappa shape index (κ3) is 2.41. The number of aryl methyl sites for hydroxylation is 1. The first-order chi connectivity index (χ1) is 11.5. The van der Waals surface area contributed by atoms with E-state index < -0.39 is 4.92 Å². The largest absolute Gasteiger partial charge is 0.306 e. The van der Waals surface area contributed by atoms with Crippen LogP contribution in [0.1, 0.15) is 23.8 Å². The molecule has 0 amide bonds. The van der Waals surface area contributed by atoms with E-state index in [-0.39, 0.29) is 11.2 Å². The monoisotopic (exact) mass is 341 g/mol. The number of rotatable bonds is 2. The van der Waals surface area contributed by atoms with Crippen LogP contribution in [-0.2, 0) is 12.8 Å². The Kier molecular flexibility index (Phi) is 3.45. The highest BCUT2D eigenvalue weighted by Gasteiger charge is 2.23. The lowest BCUT2D eigenvalue weighted by atomic mass is 9.89. The lowest BCUT2D eigenvalue weighted by Gasteiger charge is -2.17. The standard InChI is InChI=1S/C17H15N3O3S/c1-9-5-6-12-13(7-9)24-17-14(12)16(21)18-15(19-17)10-3-2-4-11(8-10)20(22)23/h2-4,8-9H,5-7H2,1H3,(H,18,19,21). The van der Waals surface area contributed by atoms with Crippen LogP contribution >= 0.6 is 11.3 Å². The molecule has 0 saturated heterocycles. The maximum atomic E-state index is 12.6. The van der Waals surface area contributed by atoms with Gasteiger partial charge in [-0.25, -0.2) is 4.98 Å². The zero-order chi connectivity index (χ0) is 16.8. The summed E-state index contributed by atoms with van der Waals surface area (Å²) in [5.74, 6) is 1.00. The number of benzene rings is 1. The van der Waals surface area contributed by atoms with Crippen molar-refractivity contribution in [3.63, 3.8) is 0 Å². The first-order valence-corrected chi connectivity index (χ1v) is 8.64. The molecule has 6 nitrogen and oxygen atoms in total. The van der Waals surface area contributed by atoms with E-state index in [2.05, 4.69) is 16.9 Å². The van der Waals surface area contributed by atoms with Crippen molar-refractivity contribution in [3.8, 4) is 11.4 Å². The summed E-state index contributed by atoms with van der Waals surface area (Å²) in [7, 11) is 0. The maximum absolute atomic E-state index is 12.6. The number of hydrogen-bond acceptors (Lipinski definition) is 5. The highest BCUT2D eigenvalue weighted by atomic mass is 32.1. The fourth-order valence-electron chi connectivity index (χ4n) is 3.25. The highest BCUT2D eigenvalue weighted by molar-refractivity contribution is 7.18. The van der Waals surface area contributed by atoms with Crippen LogP contribution in [0.4, 0.5) is 5.69 Å². The van der Waals surface area contributed by atoms with Gasteiger partial charge in [0.05, 0.1) is 10.3 Å². The van der Waals surface area contributed by atoms with Gasteiger partial charge in [0.15, 0.2) is 0 Å². The summed E-state index contributed by atoms with van der Waals surface area (Å²) >= 11 is 1.57. The van der Waals surface area contributed by atoms with E-state index in [4.69, 9.17) is 0 Å². The van der Waals surface area contributed by atoms with Crippen LogP contribution in [0, 0.1) is 16.0 Å². The van der Waals surface area contributed by atoms with Crippen LogP contribution in [0.15, 0.2) is 29.1 Å². The van der Waals surface area contributed by atoms with E-state index in [1.54, 1.807) is 23.5 Å². The first-order valence-electron chi connectivity index (χ1n) is 7.82. The molecule has 0 spiro atoms. The molecule has 0 saturated carbocycles. The van der Waals surface area contributed by atoms with E-state index >= 15 is 0 Å². The smallest absolute Gasteiger partial charge is 0.270 e. The number of thiophene rings is 1. The van der Waals surface area contributed by atoms with Crippen molar-refractivity contribution in [2.75, 3.05) is 0 Å². The molecule has 122 valence electrons. The van der Waals surface area contributed by atoms with Crippen LogP contribution in [0.5, 0.6) is 0 Å². The minimum atomic E-state index is -0.453. The molecule has 0 aliphatic heterocycles. The van der Waals surface area contributed by atoms with Crippen molar-refractivity contribution in [2.45, 2.75) is 26.2 Å². The molecule has 0 bridgehead atoms. The second kappa shape index (κ2) is 5.52. The summed E-state index contributed by atoms with van der Waals surface area (Å²) in [5, 5.41) is 11.6. The Morgan fingerprint density at radius 1 is 1.42 bits per heavy atom. The van der Waals surface area contributed by atoms with Crippen LogP contribution in [-0.4, -0.2) is 14.9 Å². The molecule has 1 aliphatic rings. The van der Waals surface area contributed by atoms with Crippen LogP contribution in [0.25, 0.3) is 21.6 Å². The van der Waals surface area contributed by atoms with Crippen molar-refractivity contribution in [1.29, 1.82) is 0 Å². The molecule has 3 aromatic rings. The number of non-ortho nitro benzene ring substituents is 1. The van der Waals surface area contributed by atoms with Crippen LogP contribution < -0.4 is 5.56 Å². The fraction of sp³-hybridized carbons (Fsp3) is 0.294. The normalized spacial score (nSPS) is 17.0. The van der Waals surface area contributed by atoms with Gasteiger partial charge in [-0.05, 0) is 30.7 Å². The van der Waals surface area contributed by atoms with E-state index in [1.165, 1.54) is 17.0 Å². The van der Waals surface area contributed by atoms with Crippen molar-refractivity contribution >= 4 is 27.2 Å². The molecule has 1 aromatic carbocycles. The number of nitrogens with one attached hydrogen (secondary N) is 1. The Morgan fingerprint density at radius 2 is 2.25 bits per heavy atom. The van der Waals surface area contributed by atoms with Crippen LogP contribution in [0.2, 0.25) is 0 Å². The van der Waals surface area contributed by atoms with Crippen LogP contribution in [0.3, 0.4) is 0 Å². The lowest BCUT2D eigenvalue weighted by Crippen LogP contribution is -2.13. The van der Waals surface area contributed by atoms with E-state index in [0.29, 0.717) is 22.7 Å². The van der Waals surface area contributed by atoms with Gasteiger partial charge in [0.1, 0.15) is 10.7 Å². The Balaban J connectivity index is 1.88. The molecule has 1 aliphatic carbocycles. The molecule has 2 aromatic heterocycles. The number of nitro benzene ring substituents is 1. The summed E-state index contributed by atoms with van der Waals surface area (Å²) in [6.07, 6.45) is 2.99. The molecule has 24 heavy (non-hydrogen) atoms. The minimum Gasteiger partial charge on any atom is -0.306 e. The van der Waals surface area contributed by atoms with Gasteiger partial charge >= 0.3 is 0 Å². The molecular weight excluding hydrogens is 326 g/mol. The third-order valence-electron chi connectivity index (χ3n) is 4.50. The number of nitrogens with zero attached hydrogens (tertiary/aromatic N) is 2. The highest BCUT2D eigenvalue weighted by Crippen LogP contribution is 2.36. The number of aromatic amines is 1. The Morgan fingerprint density at radius 3 is 3.04 bits per heavy atom. The Hall–Kier alpha value is -2.54. The predicted molar refractivity (Wildman–Crippen MR) is 93.5 cm³/mol. The number of aromatic nitrogens is 2. The lowest BCUT2D eigenvalue weighted by molar-refractivity contribution is -0.384. The molecular formula is C17H15N3O3S. The Labute approximate surface area is 141 Å². The van der Waals surface area contributed by atoms with Crippen molar-refractivity contribution in [3.05, 3.63) is 55.2 Å². The number of H-pyrrole nitrogens is 1. The topological polar surface area (TPSA) is 88.9 Å². The van der Waals surface area contributed by atoms with E-state index in [9.17, 15) is 14.9 Å². The molecule has 0 fully saturated rings. The molecule has 1 unspecified atom stereocenters. The van der Waals surface area contributed by atoms with Crippen molar-refractivity contribution in [2.24, 2.45) is 5.92 Å². The molecule has 7 heteroatoms. The summed E-state index contributed by atoms with van der Waals surface area (Å²) < 4.78 is 0. The molecule has 4 rings (SSSR count). The quantitative estimate of drug-likeness (QED) is 0.569. The van der Waals surface area contributed by atoms with Gasteiger partial charge in [0.25, 0.3) is 11.2 Å². The molecule has 1 N–H and O–H groups in total. The van der Waals surface area contributed by atoms with Gasteiger partial charge in [-0.1, -0.05) is 19.1 Å². The van der Waals surface area contributed by atoms with E-state index in [1.807, 2.05) is 0 Å². The van der Waals surface area contributed by atoms with Gasteiger partial charge in [-0.2, -0.15) is 0 Å². The fourth-order valence-corrected chi connectivity index (χ4v) is 4.64. The maximum Gasteiger partial charge on any atom is 0.270 e. The number of nitro groups is 1. The van der Waals surface area contributed by atoms with Gasteiger partial charge in [0.2, 0.25) is 0 Å². The zero-order valence-electron chi connectivity index (χ0n) is 13.0. The van der Waals surface area contributed by atoms with E-state index in [0.717, 1.165) is 29.7 Å². The Bertz CT molecular complexity index is 1020. The van der Waals surface area contributed by atoms with Crippen molar-refractivity contribution in [1.82, 2.24) is 9.97 Å². The summed E-state index contributed by atoms with van der Waals surface area (Å²) in [6, 6.07) is 6.16. The number of hydrogen-bond donors (Lipinski definition) is 1. The second-order valence-corrected chi connectivity index (χ2v) is 7.34. The summed E-state index contributed by atoms with van der Waals surface area (Å²) in [4.78, 5) is 32.4. The number of fused-ring (bicyclic) bond motifs is 3. The summed E-state index contributed by atoms with van der Waals surface area (Å²) in [5.41, 5.74) is 1.50. The molecule has 1 atom stereocenters. The van der Waals surface area contributed by atoms with Gasteiger partial charge < -0.3 is 4.98 Å². The molecule has 0 radical (unpaired) electrons. The predicted octanol–water partition coefficient (Wildman–Crippen LogP) is 3.68. The zero-order valence-corrected chi connectivity index (χ0v) is 13.9. The average Bonchev–Trinajstić information content (AvgIpc) is 2.92. The minimum absolute atomic E-state index is 0.0189. The average molecular weight is 341 g/mol. The SMILES string of the molecule is CC1CCc2c(sc3nc(-c4cccc([N+](=O)[O-])c4)[nH]c(=O)c23)C1. The van der Waals surface area contributed by atoms with Gasteiger partial charge in [-0.3, -0.25) is 14.9 Å². The summed E-state index contributed by atoms with van der Waals surface area (Å²) in [6.45, 7) is 2.22. The molecule has 2 heterocycles. The second-order valence-electron chi connectivity index (χ2n) is 6.25. The van der Waals surface area contributed by atoms with Crippen molar-refractivity contribution < 1.29 is 4.92 Å². The first kappa shape index (κ1) is 15.0. The van der Waals surface area contributed by atoms with Gasteiger partial charge in [0, 0.05) is 22.6 Å².